The van der Waals surface area contributed by atoms with Crippen LogP contribution in [0, 0.1) is 23.7 Å². The molecule has 0 bridgehead atoms. The first kappa shape index (κ1) is 32.4. The minimum absolute atomic E-state index is 0.244. The Morgan fingerprint density at radius 2 is 1.53 bits per heavy atom. The van der Waals surface area contributed by atoms with Gasteiger partial charge in [0.15, 0.2) is 0 Å². The van der Waals surface area contributed by atoms with Crippen molar-refractivity contribution in [1.82, 2.24) is 0 Å². The zero-order chi connectivity index (χ0) is 25.1. The van der Waals surface area contributed by atoms with E-state index in [1.165, 1.54) is 32.6 Å². The van der Waals surface area contributed by atoms with E-state index >= 15 is 0 Å². The molecule has 0 aromatic carbocycles. The second kappa shape index (κ2) is 19.9. The molecule has 0 radical (unpaired) electrons. The lowest BCUT2D eigenvalue weighted by Gasteiger charge is -2.23. The van der Waals surface area contributed by atoms with Gasteiger partial charge < -0.3 is 9.47 Å². The highest BCUT2D eigenvalue weighted by Gasteiger charge is 2.16. The molecule has 0 saturated carbocycles. The lowest BCUT2D eigenvalue weighted by molar-refractivity contribution is -0.141. The molecule has 4 unspecified atom stereocenters. The van der Waals surface area contributed by atoms with Gasteiger partial charge in [-0.3, -0.25) is 4.79 Å². The van der Waals surface area contributed by atoms with E-state index in [2.05, 4.69) is 60.4 Å². The molecule has 0 aliphatic carbocycles. The number of rotatable bonds is 16. The summed E-state index contributed by atoms with van der Waals surface area (Å²) in [7, 11) is 1.64. The molecule has 32 heavy (non-hydrogen) atoms. The monoisotopic (exact) mass is 448 g/mol. The molecule has 3 nitrogen and oxygen atoms in total. The molecule has 0 fully saturated rings. The van der Waals surface area contributed by atoms with Crippen LogP contribution in [0.2, 0.25) is 0 Å². The molecule has 0 spiro atoms. The zero-order valence-electron chi connectivity index (χ0n) is 22.5. The zero-order valence-corrected chi connectivity index (χ0v) is 22.5. The van der Waals surface area contributed by atoms with E-state index in [1.807, 2.05) is 6.92 Å². The van der Waals surface area contributed by atoms with Crippen LogP contribution >= 0.6 is 0 Å². The van der Waals surface area contributed by atoms with E-state index in [4.69, 9.17) is 9.47 Å². The number of hydrogen-bond acceptors (Lipinski definition) is 3. The predicted molar refractivity (Wildman–Crippen MR) is 141 cm³/mol. The number of methoxy groups -OCH3 is 1. The van der Waals surface area contributed by atoms with Gasteiger partial charge in [0.05, 0.1) is 13.7 Å². The summed E-state index contributed by atoms with van der Waals surface area (Å²) in [5.41, 5.74) is 2.15. The highest BCUT2D eigenvalue weighted by atomic mass is 16.5. The fourth-order valence-electron chi connectivity index (χ4n) is 3.29. The summed E-state index contributed by atoms with van der Waals surface area (Å²) in [5.74, 6) is 3.18. The lowest BCUT2D eigenvalue weighted by atomic mass is 9.83. The summed E-state index contributed by atoms with van der Waals surface area (Å²) < 4.78 is 10.4. The molecule has 3 heteroatoms. The Kier molecular flexibility index (Phi) is 20.1. The van der Waals surface area contributed by atoms with Crippen molar-refractivity contribution in [3.8, 4) is 0 Å². The fraction of sp³-hybridized carbons (Fsp3) is 0.690. The Labute approximate surface area is 200 Å². The van der Waals surface area contributed by atoms with E-state index < -0.39 is 0 Å². The Morgan fingerprint density at radius 1 is 1.00 bits per heavy atom. The average Bonchev–Trinajstić information content (AvgIpc) is 2.76. The van der Waals surface area contributed by atoms with Crippen LogP contribution in [-0.2, 0) is 14.3 Å². The summed E-state index contributed by atoms with van der Waals surface area (Å²) in [5, 5.41) is 0. The van der Waals surface area contributed by atoms with Gasteiger partial charge >= 0.3 is 5.97 Å². The Hall–Kier alpha value is -1.77. The van der Waals surface area contributed by atoms with Crippen LogP contribution in [0.5, 0.6) is 0 Å². The highest BCUT2D eigenvalue weighted by Crippen LogP contribution is 2.28. The first-order valence-corrected chi connectivity index (χ1v) is 12.4. The van der Waals surface area contributed by atoms with Crippen molar-refractivity contribution in [2.45, 2.75) is 93.4 Å². The molecule has 0 aliphatic rings. The van der Waals surface area contributed by atoms with Crippen LogP contribution < -0.4 is 0 Å². The highest BCUT2D eigenvalue weighted by molar-refractivity contribution is 5.65. The maximum absolute atomic E-state index is 10.9. The molecule has 0 amide bonds. The lowest BCUT2D eigenvalue weighted by Crippen LogP contribution is -2.11. The normalized spacial score (nSPS) is 14.8. The van der Waals surface area contributed by atoms with Gasteiger partial charge in [0, 0.05) is 6.92 Å². The van der Waals surface area contributed by atoms with E-state index in [0.717, 1.165) is 48.2 Å². The fourth-order valence-corrected chi connectivity index (χ4v) is 3.29. The van der Waals surface area contributed by atoms with Crippen molar-refractivity contribution in [3.63, 3.8) is 0 Å². The SMILES string of the molecule is C=C(OC)/C(=C\C(=C)C(C)CCC(C)C(C)CCC(C)CC)CCCOC(C)=O.C=CC. The molecular weight excluding hydrogens is 396 g/mol. The smallest absolute Gasteiger partial charge is 0.302 e. The van der Waals surface area contributed by atoms with Gasteiger partial charge in [-0.05, 0) is 61.9 Å². The van der Waals surface area contributed by atoms with Gasteiger partial charge in [0.2, 0.25) is 0 Å². The standard InChI is InChI=1S/C26H46O3.C3H6/c1-10-19(2)13-14-20(3)21(4)15-16-22(5)23(6)18-26(24(7)28-9)12-11-17-29-25(8)27;1-3-2/h18-22H,6-7,10-17H2,1-5,8-9H3;3H,1H2,2H3/b26-18-;. The molecule has 0 aromatic rings. The van der Waals surface area contributed by atoms with E-state index in [1.54, 1.807) is 13.2 Å². The maximum atomic E-state index is 10.9. The second-order valence-electron chi connectivity index (χ2n) is 9.25. The molecule has 0 aromatic heterocycles. The average molecular weight is 449 g/mol. The van der Waals surface area contributed by atoms with Crippen molar-refractivity contribution in [1.29, 1.82) is 0 Å². The summed E-state index contributed by atoms with van der Waals surface area (Å²) in [6, 6.07) is 0. The minimum atomic E-state index is -0.244. The van der Waals surface area contributed by atoms with E-state index in [0.29, 0.717) is 18.3 Å². The molecule has 0 heterocycles. The van der Waals surface area contributed by atoms with E-state index in [9.17, 15) is 4.79 Å². The molecular formula is C29H52O3. The van der Waals surface area contributed by atoms with Crippen LogP contribution in [0.4, 0.5) is 0 Å². The first-order valence-electron chi connectivity index (χ1n) is 12.4. The Balaban J connectivity index is 0. The molecule has 0 saturated heterocycles. The van der Waals surface area contributed by atoms with Crippen LogP contribution in [0.1, 0.15) is 93.4 Å². The molecule has 0 rings (SSSR count). The van der Waals surface area contributed by atoms with E-state index in [-0.39, 0.29) is 5.97 Å². The van der Waals surface area contributed by atoms with Crippen molar-refractivity contribution < 1.29 is 14.3 Å². The molecule has 186 valence electrons. The van der Waals surface area contributed by atoms with Crippen LogP contribution in [0.25, 0.3) is 0 Å². The topological polar surface area (TPSA) is 35.5 Å². The summed E-state index contributed by atoms with van der Waals surface area (Å²) in [6.45, 7) is 27.1. The third kappa shape index (κ3) is 16.9. The number of allylic oxidation sites excluding steroid dienone is 4. The third-order valence-electron chi connectivity index (χ3n) is 6.33. The number of ether oxygens (including phenoxy) is 2. The minimum Gasteiger partial charge on any atom is -0.497 e. The number of esters is 1. The van der Waals surface area contributed by atoms with Gasteiger partial charge in [-0.25, -0.2) is 0 Å². The van der Waals surface area contributed by atoms with Crippen LogP contribution in [0.3, 0.4) is 0 Å². The Bertz CT molecular complexity index is 573. The van der Waals surface area contributed by atoms with Gasteiger partial charge in [-0.1, -0.05) is 84.8 Å². The van der Waals surface area contributed by atoms with Crippen molar-refractivity contribution >= 4 is 5.97 Å². The Morgan fingerprint density at radius 3 is 2.00 bits per heavy atom. The van der Waals surface area contributed by atoms with Gasteiger partial charge in [0.25, 0.3) is 0 Å². The van der Waals surface area contributed by atoms with Gasteiger partial charge in [-0.15, -0.1) is 6.58 Å². The molecule has 4 atom stereocenters. The largest absolute Gasteiger partial charge is 0.497 e. The van der Waals surface area contributed by atoms with Crippen LogP contribution in [0.15, 0.2) is 48.8 Å². The quantitative estimate of drug-likeness (QED) is 0.0778. The maximum Gasteiger partial charge on any atom is 0.302 e. The number of hydrogen-bond donors (Lipinski definition) is 0. The number of carbonyl (C=O) groups is 1. The van der Waals surface area contributed by atoms with Crippen molar-refractivity contribution in [3.05, 3.63) is 48.8 Å². The molecule has 0 N–H and O–H groups in total. The van der Waals surface area contributed by atoms with Gasteiger partial charge in [0.1, 0.15) is 5.76 Å². The number of carbonyl (C=O) groups excluding carboxylic acids is 1. The third-order valence-corrected chi connectivity index (χ3v) is 6.33. The van der Waals surface area contributed by atoms with Crippen molar-refractivity contribution in [2.75, 3.05) is 13.7 Å². The van der Waals surface area contributed by atoms with Gasteiger partial charge in [-0.2, -0.15) is 0 Å². The second-order valence-corrected chi connectivity index (χ2v) is 9.25. The summed E-state index contributed by atoms with van der Waals surface area (Å²) in [4.78, 5) is 10.9. The van der Waals surface area contributed by atoms with Crippen LogP contribution in [-0.4, -0.2) is 19.7 Å². The first-order chi connectivity index (χ1) is 15.0. The summed E-state index contributed by atoms with van der Waals surface area (Å²) in [6.07, 6.45) is 11.7. The molecule has 0 aliphatic heterocycles. The summed E-state index contributed by atoms with van der Waals surface area (Å²) >= 11 is 0. The predicted octanol–water partition coefficient (Wildman–Crippen LogP) is 8.68. The van der Waals surface area contributed by atoms with Crippen molar-refractivity contribution in [2.24, 2.45) is 23.7 Å².